The lowest BCUT2D eigenvalue weighted by Crippen LogP contribution is -2.31. The van der Waals surface area contributed by atoms with Gasteiger partial charge in [0.15, 0.2) is 11.6 Å². The van der Waals surface area contributed by atoms with Gasteiger partial charge in [0.25, 0.3) is 0 Å². The molecule has 6 nitrogen and oxygen atoms in total. The summed E-state index contributed by atoms with van der Waals surface area (Å²) in [6.07, 6.45) is 1.03. The molecule has 1 aromatic rings. The van der Waals surface area contributed by atoms with Crippen LogP contribution in [-0.4, -0.2) is 34.2 Å². The zero-order chi connectivity index (χ0) is 16.0. The van der Waals surface area contributed by atoms with Crippen molar-refractivity contribution in [2.45, 2.75) is 19.4 Å². The number of nitrogens with one attached hydrogen (secondary N) is 2. The molecule has 0 aliphatic rings. The van der Waals surface area contributed by atoms with E-state index in [2.05, 4.69) is 10.0 Å². The Morgan fingerprint density at radius 3 is 2.62 bits per heavy atom. The molecule has 1 amide bonds. The first kappa shape index (κ1) is 17.4. The minimum Gasteiger partial charge on any atom is -0.494 e. The number of hydrogen-bond acceptors (Lipinski definition) is 4. The third kappa shape index (κ3) is 6.09. The molecule has 0 aromatic heterocycles. The van der Waals surface area contributed by atoms with Crippen LogP contribution in [0.4, 0.5) is 4.39 Å². The molecule has 1 atom stereocenters. The van der Waals surface area contributed by atoms with Crippen molar-refractivity contribution in [1.82, 2.24) is 10.0 Å². The zero-order valence-electron chi connectivity index (χ0n) is 12.1. The van der Waals surface area contributed by atoms with Crippen molar-refractivity contribution in [3.8, 4) is 5.75 Å². The summed E-state index contributed by atoms with van der Waals surface area (Å²) in [5.74, 6) is -0.695. The second-order valence-corrected chi connectivity index (χ2v) is 6.43. The van der Waals surface area contributed by atoms with Gasteiger partial charge in [0, 0.05) is 13.0 Å². The summed E-state index contributed by atoms with van der Waals surface area (Å²) >= 11 is 0. The molecule has 0 radical (unpaired) electrons. The number of hydrogen-bond donors (Lipinski definition) is 2. The van der Waals surface area contributed by atoms with Gasteiger partial charge in [-0.05, 0) is 24.6 Å². The maximum absolute atomic E-state index is 13.6. The lowest BCUT2D eigenvalue weighted by atomic mass is 10.1. The van der Waals surface area contributed by atoms with Crippen LogP contribution in [0.15, 0.2) is 18.2 Å². The van der Waals surface area contributed by atoms with E-state index in [1.807, 2.05) is 0 Å². The summed E-state index contributed by atoms with van der Waals surface area (Å²) in [5.41, 5.74) is 0.595. The number of benzene rings is 1. The summed E-state index contributed by atoms with van der Waals surface area (Å²) in [7, 11) is -1.93. The Morgan fingerprint density at radius 1 is 1.43 bits per heavy atom. The first-order valence-electron chi connectivity index (χ1n) is 6.30. The predicted molar refractivity (Wildman–Crippen MR) is 77.0 cm³/mol. The van der Waals surface area contributed by atoms with Crippen molar-refractivity contribution in [1.29, 1.82) is 0 Å². The van der Waals surface area contributed by atoms with Crippen LogP contribution >= 0.6 is 0 Å². The number of carbonyl (C=O) groups excluding carboxylic acids is 1. The van der Waals surface area contributed by atoms with Gasteiger partial charge in [0.05, 0.1) is 19.4 Å². The standard InChI is InChI=1S/C13H19FN2O4S/c1-9(10-4-5-12(20-2)11(14)8-10)16-13(17)6-7-15-21(3,18)19/h4-5,8-9,15H,6-7H2,1-3H3,(H,16,17)/t9-/m0/s1. The van der Waals surface area contributed by atoms with Crippen LogP contribution in [0.3, 0.4) is 0 Å². The van der Waals surface area contributed by atoms with Gasteiger partial charge < -0.3 is 10.1 Å². The lowest BCUT2D eigenvalue weighted by molar-refractivity contribution is -0.121. The number of sulfonamides is 1. The second kappa shape index (κ2) is 7.37. The molecule has 8 heteroatoms. The van der Waals surface area contributed by atoms with Gasteiger partial charge >= 0.3 is 0 Å². The van der Waals surface area contributed by atoms with E-state index in [9.17, 15) is 17.6 Å². The molecule has 0 fully saturated rings. The van der Waals surface area contributed by atoms with Gasteiger partial charge in [-0.15, -0.1) is 0 Å². The molecular formula is C13H19FN2O4S. The Labute approximate surface area is 123 Å². The SMILES string of the molecule is COc1ccc([C@H](C)NC(=O)CCNS(C)(=O)=O)cc1F. The lowest BCUT2D eigenvalue weighted by Gasteiger charge is -2.15. The monoisotopic (exact) mass is 318 g/mol. The predicted octanol–water partition coefficient (Wildman–Crippen LogP) is 0.951. The first-order valence-corrected chi connectivity index (χ1v) is 8.19. The summed E-state index contributed by atoms with van der Waals surface area (Å²) in [6.45, 7) is 1.73. The molecule has 21 heavy (non-hydrogen) atoms. The maximum atomic E-state index is 13.6. The molecule has 0 aliphatic heterocycles. The number of carbonyl (C=O) groups is 1. The highest BCUT2D eigenvalue weighted by Crippen LogP contribution is 2.21. The molecule has 2 N–H and O–H groups in total. The minimum atomic E-state index is -3.31. The Kier molecular flexibility index (Phi) is 6.10. The molecule has 1 aromatic carbocycles. The van der Waals surface area contributed by atoms with Crippen molar-refractivity contribution >= 4 is 15.9 Å². The summed E-state index contributed by atoms with van der Waals surface area (Å²) in [5, 5.41) is 2.67. The Morgan fingerprint density at radius 2 is 2.10 bits per heavy atom. The maximum Gasteiger partial charge on any atom is 0.221 e. The van der Waals surface area contributed by atoms with Crippen LogP contribution < -0.4 is 14.8 Å². The third-order valence-electron chi connectivity index (χ3n) is 2.77. The van der Waals surface area contributed by atoms with E-state index in [-0.39, 0.29) is 24.6 Å². The van der Waals surface area contributed by atoms with Gasteiger partial charge in [0.2, 0.25) is 15.9 Å². The zero-order valence-corrected chi connectivity index (χ0v) is 13.0. The van der Waals surface area contributed by atoms with Gasteiger partial charge in [-0.3, -0.25) is 4.79 Å². The Bertz CT molecular complexity index is 604. The van der Waals surface area contributed by atoms with Crippen LogP contribution in [0.5, 0.6) is 5.75 Å². The van der Waals surface area contributed by atoms with E-state index in [4.69, 9.17) is 4.74 Å². The fourth-order valence-corrected chi connectivity index (χ4v) is 2.17. The van der Waals surface area contributed by atoms with Crippen molar-refractivity contribution in [3.05, 3.63) is 29.6 Å². The third-order valence-corrected chi connectivity index (χ3v) is 3.50. The molecule has 0 aliphatic carbocycles. The molecule has 0 saturated carbocycles. The number of amides is 1. The average molecular weight is 318 g/mol. The van der Waals surface area contributed by atoms with Crippen LogP contribution in [0.1, 0.15) is 24.9 Å². The topological polar surface area (TPSA) is 84.5 Å². The van der Waals surface area contributed by atoms with E-state index < -0.39 is 21.9 Å². The highest BCUT2D eigenvalue weighted by molar-refractivity contribution is 7.88. The summed E-state index contributed by atoms with van der Waals surface area (Å²) < 4.78 is 42.3. The smallest absolute Gasteiger partial charge is 0.221 e. The van der Waals surface area contributed by atoms with Crippen LogP contribution in [0.25, 0.3) is 0 Å². The largest absolute Gasteiger partial charge is 0.494 e. The fraction of sp³-hybridized carbons (Fsp3) is 0.462. The van der Waals surface area contributed by atoms with Crippen molar-refractivity contribution < 1.29 is 22.3 Å². The molecule has 0 spiro atoms. The normalized spacial score (nSPS) is 12.8. The van der Waals surface area contributed by atoms with E-state index in [0.717, 1.165) is 6.26 Å². The van der Waals surface area contributed by atoms with E-state index in [0.29, 0.717) is 5.56 Å². The molecule has 0 unspecified atom stereocenters. The number of methoxy groups -OCH3 is 1. The Hall–Kier alpha value is -1.67. The van der Waals surface area contributed by atoms with E-state index in [1.165, 1.54) is 19.2 Å². The first-order chi connectivity index (χ1) is 9.73. The molecule has 118 valence electrons. The number of halogens is 1. The van der Waals surface area contributed by atoms with Crippen LogP contribution in [0.2, 0.25) is 0 Å². The van der Waals surface area contributed by atoms with Gasteiger partial charge in [0.1, 0.15) is 0 Å². The molecule has 0 bridgehead atoms. The molecule has 0 heterocycles. The highest BCUT2D eigenvalue weighted by Gasteiger charge is 2.12. The van der Waals surface area contributed by atoms with Crippen molar-refractivity contribution in [2.75, 3.05) is 19.9 Å². The molecule has 0 saturated heterocycles. The van der Waals surface area contributed by atoms with E-state index >= 15 is 0 Å². The number of rotatable bonds is 7. The van der Waals surface area contributed by atoms with E-state index in [1.54, 1.807) is 13.0 Å². The molecular weight excluding hydrogens is 299 g/mol. The quantitative estimate of drug-likeness (QED) is 0.784. The van der Waals surface area contributed by atoms with Crippen LogP contribution in [-0.2, 0) is 14.8 Å². The summed E-state index contributed by atoms with van der Waals surface area (Å²) in [6, 6.07) is 4.04. The van der Waals surface area contributed by atoms with Gasteiger partial charge in [-0.2, -0.15) is 0 Å². The minimum absolute atomic E-state index is 0.00997. The summed E-state index contributed by atoms with van der Waals surface area (Å²) in [4.78, 5) is 11.7. The number of ether oxygens (including phenoxy) is 1. The van der Waals surface area contributed by atoms with Crippen molar-refractivity contribution in [3.63, 3.8) is 0 Å². The van der Waals surface area contributed by atoms with Gasteiger partial charge in [-0.1, -0.05) is 6.07 Å². The van der Waals surface area contributed by atoms with Crippen molar-refractivity contribution in [2.24, 2.45) is 0 Å². The van der Waals surface area contributed by atoms with Crippen LogP contribution in [0, 0.1) is 5.82 Å². The molecule has 1 rings (SSSR count). The highest BCUT2D eigenvalue weighted by atomic mass is 32.2. The van der Waals surface area contributed by atoms with Gasteiger partial charge in [-0.25, -0.2) is 17.5 Å². The average Bonchev–Trinajstić information content (AvgIpc) is 2.36. The Balaban J connectivity index is 2.54. The second-order valence-electron chi connectivity index (χ2n) is 4.60. The fourth-order valence-electron chi connectivity index (χ4n) is 1.70.